The van der Waals surface area contributed by atoms with Gasteiger partial charge in [-0.25, -0.2) is 0 Å². The van der Waals surface area contributed by atoms with Gasteiger partial charge in [-0.3, -0.25) is 0 Å². The van der Waals surface area contributed by atoms with E-state index in [1.807, 2.05) is 0 Å². The number of fused-ring (bicyclic) bond motifs is 1. The lowest BCUT2D eigenvalue weighted by Crippen LogP contribution is -2.08. The van der Waals surface area contributed by atoms with Crippen molar-refractivity contribution in [3.63, 3.8) is 0 Å². The van der Waals surface area contributed by atoms with Crippen molar-refractivity contribution in [3.8, 4) is 0 Å². The number of anilines is 1. The first-order chi connectivity index (χ1) is 6.74. The molecule has 1 aromatic rings. The van der Waals surface area contributed by atoms with Gasteiger partial charge >= 0.3 is 0 Å². The molecule has 0 bridgehead atoms. The summed E-state index contributed by atoms with van der Waals surface area (Å²) in [6.45, 7) is 6.18. The fraction of sp³-hybridized carbons (Fsp3) is 0.500. The van der Waals surface area contributed by atoms with Crippen LogP contribution in [0.1, 0.15) is 29.0 Å². The molecule has 76 valence electrons. The minimum atomic E-state index is 0.620. The lowest BCUT2D eigenvalue weighted by atomic mass is 9.95. The van der Waals surface area contributed by atoms with Crippen LogP contribution in [0.4, 0.5) is 5.69 Å². The lowest BCUT2D eigenvalue weighted by Gasteiger charge is -2.10. The summed E-state index contributed by atoms with van der Waals surface area (Å²) in [4.78, 5) is 0. The van der Waals surface area contributed by atoms with E-state index in [0.717, 1.165) is 19.5 Å². The average Bonchev–Trinajstić information content (AvgIpc) is 2.57. The highest BCUT2D eigenvalue weighted by molar-refractivity contribution is 5.64. The summed E-state index contributed by atoms with van der Waals surface area (Å²) < 4.78 is 0. The van der Waals surface area contributed by atoms with Crippen molar-refractivity contribution in [1.29, 1.82) is 0 Å². The molecule has 14 heavy (non-hydrogen) atoms. The second kappa shape index (κ2) is 3.62. The maximum Gasteiger partial charge on any atom is 0.0408 e. The van der Waals surface area contributed by atoms with Crippen LogP contribution in [0.15, 0.2) is 12.1 Å². The van der Waals surface area contributed by atoms with Crippen LogP contribution < -0.4 is 11.1 Å². The van der Waals surface area contributed by atoms with Crippen molar-refractivity contribution in [2.45, 2.75) is 26.2 Å². The van der Waals surface area contributed by atoms with E-state index in [1.54, 1.807) is 0 Å². The smallest absolute Gasteiger partial charge is 0.0408 e. The second-order valence-electron chi connectivity index (χ2n) is 4.13. The van der Waals surface area contributed by atoms with E-state index >= 15 is 0 Å². The number of nitrogens with two attached hydrogens (primary N) is 1. The summed E-state index contributed by atoms with van der Waals surface area (Å²) in [5, 5.41) is 3.49. The second-order valence-corrected chi connectivity index (χ2v) is 4.13. The molecule has 0 saturated carbocycles. The van der Waals surface area contributed by atoms with Crippen LogP contribution in [0.2, 0.25) is 0 Å². The van der Waals surface area contributed by atoms with Crippen molar-refractivity contribution >= 4 is 5.69 Å². The Morgan fingerprint density at radius 3 is 2.93 bits per heavy atom. The quantitative estimate of drug-likeness (QED) is 0.750. The zero-order valence-corrected chi connectivity index (χ0v) is 8.93. The molecule has 0 spiro atoms. The van der Waals surface area contributed by atoms with Gasteiger partial charge in [0.15, 0.2) is 0 Å². The monoisotopic (exact) mass is 190 g/mol. The fourth-order valence-corrected chi connectivity index (χ4v) is 2.21. The lowest BCUT2D eigenvalue weighted by molar-refractivity contribution is 0.685. The molecule has 1 unspecified atom stereocenters. The van der Waals surface area contributed by atoms with Crippen molar-refractivity contribution in [2.75, 3.05) is 18.4 Å². The standard InChI is InChI=1S/C12H18N2/c1-8-3-4-11-10(5-6-13)7-14-12(11)9(8)2/h3-4,10,14H,5-7,13H2,1-2H3. The SMILES string of the molecule is Cc1ccc2c(c1C)NCC2CCN. The van der Waals surface area contributed by atoms with E-state index in [0.29, 0.717) is 5.92 Å². The normalized spacial score (nSPS) is 19.2. The molecule has 0 amide bonds. The Kier molecular flexibility index (Phi) is 2.46. The number of hydrogen-bond donors (Lipinski definition) is 2. The molecule has 0 aromatic heterocycles. The molecule has 1 aliphatic heterocycles. The van der Waals surface area contributed by atoms with E-state index in [2.05, 4.69) is 31.3 Å². The van der Waals surface area contributed by atoms with Gasteiger partial charge in [0.2, 0.25) is 0 Å². The first-order valence-corrected chi connectivity index (χ1v) is 5.28. The first-order valence-electron chi connectivity index (χ1n) is 5.28. The van der Waals surface area contributed by atoms with Crippen LogP contribution >= 0.6 is 0 Å². The van der Waals surface area contributed by atoms with Crippen LogP contribution in [-0.2, 0) is 0 Å². The number of hydrogen-bond acceptors (Lipinski definition) is 2. The Bertz CT molecular complexity index is 344. The molecular weight excluding hydrogens is 172 g/mol. The van der Waals surface area contributed by atoms with Crippen molar-refractivity contribution in [2.24, 2.45) is 5.73 Å². The molecule has 1 heterocycles. The van der Waals surface area contributed by atoms with Gasteiger partial charge in [-0.05, 0) is 43.5 Å². The van der Waals surface area contributed by atoms with Gasteiger partial charge in [0.1, 0.15) is 0 Å². The Morgan fingerprint density at radius 1 is 1.43 bits per heavy atom. The molecule has 1 atom stereocenters. The molecule has 1 aliphatic rings. The van der Waals surface area contributed by atoms with Crippen LogP contribution in [0, 0.1) is 13.8 Å². The fourth-order valence-electron chi connectivity index (χ4n) is 2.21. The van der Waals surface area contributed by atoms with Crippen molar-refractivity contribution in [1.82, 2.24) is 0 Å². The zero-order valence-electron chi connectivity index (χ0n) is 8.93. The van der Waals surface area contributed by atoms with Gasteiger partial charge in [0.25, 0.3) is 0 Å². The Balaban J connectivity index is 2.37. The maximum atomic E-state index is 5.61. The van der Waals surface area contributed by atoms with Crippen LogP contribution in [0.25, 0.3) is 0 Å². The summed E-state index contributed by atoms with van der Waals surface area (Å²) >= 11 is 0. The first kappa shape index (κ1) is 9.53. The van der Waals surface area contributed by atoms with Crippen molar-refractivity contribution in [3.05, 3.63) is 28.8 Å². The minimum absolute atomic E-state index is 0.620. The summed E-state index contributed by atoms with van der Waals surface area (Å²) in [6.07, 6.45) is 1.09. The van der Waals surface area contributed by atoms with E-state index in [-0.39, 0.29) is 0 Å². The Labute approximate surface area is 85.5 Å². The summed E-state index contributed by atoms with van der Waals surface area (Å²) in [7, 11) is 0. The molecule has 3 N–H and O–H groups in total. The molecule has 0 aliphatic carbocycles. The number of rotatable bonds is 2. The highest BCUT2D eigenvalue weighted by atomic mass is 14.9. The predicted octanol–water partition coefficient (Wildman–Crippen LogP) is 2.16. The molecule has 2 rings (SSSR count). The van der Waals surface area contributed by atoms with Gasteiger partial charge in [0.05, 0.1) is 0 Å². The summed E-state index contributed by atoms with van der Waals surface area (Å²) in [5.41, 5.74) is 11.2. The average molecular weight is 190 g/mol. The Morgan fingerprint density at radius 2 is 2.21 bits per heavy atom. The van der Waals surface area contributed by atoms with Gasteiger partial charge < -0.3 is 11.1 Å². The van der Waals surface area contributed by atoms with E-state index in [4.69, 9.17) is 5.73 Å². The summed E-state index contributed by atoms with van der Waals surface area (Å²) in [6, 6.07) is 4.46. The molecule has 0 saturated heterocycles. The molecule has 2 nitrogen and oxygen atoms in total. The number of aryl methyl sites for hydroxylation is 1. The molecule has 0 fully saturated rings. The zero-order chi connectivity index (χ0) is 10.1. The van der Waals surface area contributed by atoms with Crippen LogP contribution in [0.5, 0.6) is 0 Å². The highest BCUT2D eigenvalue weighted by Gasteiger charge is 2.22. The number of nitrogens with one attached hydrogen (secondary N) is 1. The van der Waals surface area contributed by atoms with Gasteiger partial charge in [-0.15, -0.1) is 0 Å². The highest BCUT2D eigenvalue weighted by Crippen LogP contribution is 2.36. The maximum absolute atomic E-state index is 5.61. The van der Waals surface area contributed by atoms with E-state index < -0.39 is 0 Å². The third-order valence-corrected chi connectivity index (χ3v) is 3.25. The van der Waals surface area contributed by atoms with Crippen LogP contribution in [-0.4, -0.2) is 13.1 Å². The van der Waals surface area contributed by atoms with Gasteiger partial charge in [-0.1, -0.05) is 12.1 Å². The van der Waals surface area contributed by atoms with Crippen LogP contribution in [0.3, 0.4) is 0 Å². The third-order valence-electron chi connectivity index (χ3n) is 3.25. The largest absolute Gasteiger partial charge is 0.384 e. The Hall–Kier alpha value is -1.02. The minimum Gasteiger partial charge on any atom is -0.384 e. The predicted molar refractivity (Wildman–Crippen MR) is 60.8 cm³/mol. The molecule has 2 heteroatoms. The number of benzene rings is 1. The van der Waals surface area contributed by atoms with E-state index in [1.165, 1.54) is 22.4 Å². The van der Waals surface area contributed by atoms with Gasteiger partial charge in [0, 0.05) is 18.2 Å². The summed E-state index contributed by atoms with van der Waals surface area (Å²) in [5.74, 6) is 0.620. The third kappa shape index (κ3) is 1.40. The topological polar surface area (TPSA) is 38.0 Å². The van der Waals surface area contributed by atoms with Gasteiger partial charge in [-0.2, -0.15) is 0 Å². The van der Waals surface area contributed by atoms with E-state index in [9.17, 15) is 0 Å². The van der Waals surface area contributed by atoms with Crippen molar-refractivity contribution < 1.29 is 0 Å². The molecular formula is C12H18N2. The molecule has 0 radical (unpaired) electrons. The molecule has 1 aromatic carbocycles.